The highest BCUT2D eigenvalue weighted by molar-refractivity contribution is 5.62. The Balaban J connectivity index is 1.06. The molecule has 1 aliphatic heterocycles. The molecule has 6 rings (SSSR count). The number of rotatable bonds is 10. The van der Waals surface area contributed by atoms with Crippen LogP contribution >= 0.6 is 0 Å². The fourth-order valence-corrected chi connectivity index (χ4v) is 5.84. The second-order valence-electron chi connectivity index (χ2n) is 10.4. The molecule has 3 heterocycles. The first-order valence-electron chi connectivity index (χ1n) is 13.7. The van der Waals surface area contributed by atoms with Gasteiger partial charge >= 0.3 is 0 Å². The molecule has 1 saturated carbocycles. The van der Waals surface area contributed by atoms with E-state index >= 15 is 0 Å². The van der Waals surface area contributed by atoms with Gasteiger partial charge in [0.2, 0.25) is 5.95 Å². The van der Waals surface area contributed by atoms with E-state index in [9.17, 15) is 0 Å². The maximum Gasteiger partial charge on any atom is 0.229 e. The lowest BCUT2D eigenvalue weighted by atomic mass is 9.86. The number of anilines is 4. The molecule has 2 unspecified atom stereocenters. The molecule has 9 nitrogen and oxygen atoms in total. The molecule has 3 aliphatic rings. The van der Waals surface area contributed by atoms with Crippen LogP contribution in [0.3, 0.4) is 0 Å². The third-order valence-electron chi connectivity index (χ3n) is 7.79. The maximum absolute atomic E-state index is 6.01. The number of hydrogen-bond acceptors (Lipinski definition) is 9. The monoisotopic (exact) mass is 516 g/mol. The minimum Gasteiger partial charge on any atom is -0.493 e. The number of methoxy groups -OCH3 is 1. The third-order valence-corrected chi connectivity index (χ3v) is 7.79. The summed E-state index contributed by atoms with van der Waals surface area (Å²) in [5, 5.41) is 6.70. The lowest BCUT2D eigenvalue weighted by Gasteiger charge is -2.26. The Hall–Kier alpha value is -3.43. The van der Waals surface area contributed by atoms with Crippen LogP contribution in [0.25, 0.3) is 0 Å². The highest BCUT2D eigenvalue weighted by atomic mass is 16.5. The smallest absolute Gasteiger partial charge is 0.229 e. The van der Waals surface area contributed by atoms with Gasteiger partial charge in [0.25, 0.3) is 0 Å². The summed E-state index contributed by atoms with van der Waals surface area (Å²) in [6.07, 6.45) is 9.66. The first-order chi connectivity index (χ1) is 18.7. The summed E-state index contributed by atoms with van der Waals surface area (Å²) < 4.78 is 17.0. The van der Waals surface area contributed by atoms with Gasteiger partial charge in [0, 0.05) is 43.3 Å². The van der Waals surface area contributed by atoms with Crippen molar-refractivity contribution in [2.45, 2.75) is 38.0 Å². The van der Waals surface area contributed by atoms with Crippen LogP contribution in [0.1, 0.15) is 42.9 Å². The SMILES string of the molecule is COc1cc(Nc2nccc(Nc3cnc4c(c3)C3CCC(C4)C3)n2)ccc1OCCCN1CCOCC1. The predicted molar refractivity (Wildman–Crippen MR) is 147 cm³/mol. The molecular formula is C29H36N6O3. The zero-order valence-electron chi connectivity index (χ0n) is 22.0. The van der Waals surface area contributed by atoms with Crippen LogP contribution in [0.15, 0.2) is 42.7 Å². The molecule has 3 aromatic rings. The van der Waals surface area contributed by atoms with Gasteiger partial charge in [-0.15, -0.1) is 0 Å². The average molecular weight is 517 g/mol. The van der Waals surface area contributed by atoms with Crippen LogP contribution in [0, 0.1) is 5.92 Å². The van der Waals surface area contributed by atoms with Gasteiger partial charge in [-0.25, -0.2) is 4.98 Å². The molecule has 1 aromatic carbocycles. The largest absolute Gasteiger partial charge is 0.493 e. The van der Waals surface area contributed by atoms with Gasteiger partial charge in [-0.2, -0.15) is 4.98 Å². The molecule has 2 N–H and O–H groups in total. The van der Waals surface area contributed by atoms with E-state index in [2.05, 4.69) is 31.6 Å². The number of nitrogens with zero attached hydrogens (tertiary/aromatic N) is 4. The lowest BCUT2D eigenvalue weighted by molar-refractivity contribution is 0.0357. The van der Waals surface area contributed by atoms with Crippen LogP contribution < -0.4 is 20.1 Å². The van der Waals surface area contributed by atoms with Gasteiger partial charge in [-0.1, -0.05) is 0 Å². The highest BCUT2D eigenvalue weighted by Gasteiger charge is 2.33. The summed E-state index contributed by atoms with van der Waals surface area (Å²) in [6.45, 7) is 5.27. The molecule has 2 aromatic heterocycles. The standard InChI is InChI=1S/C29H36N6O3/c1-36-27-18-22(5-6-26(27)38-12-2-9-35-10-13-37-14-11-35)33-29-30-8-7-28(34-29)32-23-17-24-21-4-3-20(15-21)16-25(24)31-19-23/h5-8,17-21H,2-4,9-16H2,1H3,(H2,30,32,33,34). The first kappa shape index (κ1) is 24.9. The number of fused-ring (bicyclic) bond motifs is 4. The number of ether oxygens (including phenoxy) is 3. The Labute approximate surface area is 223 Å². The molecule has 0 amide bonds. The fourth-order valence-electron chi connectivity index (χ4n) is 5.84. The first-order valence-corrected chi connectivity index (χ1v) is 13.7. The molecular weight excluding hydrogens is 480 g/mol. The van der Waals surface area contributed by atoms with Crippen molar-refractivity contribution in [2.24, 2.45) is 5.92 Å². The van der Waals surface area contributed by atoms with E-state index < -0.39 is 0 Å². The summed E-state index contributed by atoms with van der Waals surface area (Å²) >= 11 is 0. The molecule has 1 saturated heterocycles. The Morgan fingerprint density at radius 3 is 2.84 bits per heavy atom. The normalized spacial score (nSPS) is 20.6. The van der Waals surface area contributed by atoms with Crippen LogP contribution in [-0.4, -0.2) is 66.4 Å². The van der Waals surface area contributed by atoms with Gasteiger partial charge in [-0.3, -0.25) is 9.88 Å². The van der Waals surface area contributed by atoms with E-state index in [4.69, 9.17) is 19.2 Å². The zero-order valence-corrected chi connectivity index (χ0v) is 22.0. The van der Waals surface area contributed by atoms with Gasteiger partial charge in [0.05, 0.1) is 38.8 Å². The van der Waals surface area contributed by atoms with E-state index in [0.29, 0.717) is 24.2 Å². The summed E-state index contributed by atoms with van der Waals surface area (Å²) in [4.78, 5) is 16.2. The summed E-state index contributed by atoms with van der Waals surface area (Å²) in [7, 11) is 1.65. The summed E-state index contributed by atoms with van der Waals surface area (Å²) in [6, 6.07) is 9.90. The zero-order chi connectivity index (χ0) is 25.7. The molecule has 2 atom stereocenters. The van der Waals surface area contributed by atoms with Crippen molar-refractivity contribution in [1.29, 1.82) is 0 Å². The van der Waals surface area contributed by atoms with Crippen LogP contribution in [0.5, 0.6) is 11.5 Å². The van der Waals surface area contributed by atoms with Crippen LogP contribution in [0.2, 0.25) is 0 Å². The second-order valence-corrected chi connectivity index (χ2v) is 10.4. The van der Waals surface area contributed by atoms with Crippen LogP contribution in [0.4, 0.5) is 23.1 Å². The van der Waals surface area contributed by atoms with Crippen molar-refractivity contribution in [2.75, 3.05) is 57.2 Å². The number of aromatic nitrogens is 3. The van der Waals surface area contributed by atoms with E-state index in [1.165, 1.54) is 30.5 Å². The van der Waals surface area contributed by atoms with Gasteiger partial charge < -0.3 is 24.8 Å². The number of morpholine rings is 1. The predicted octanol–water partition coefficient (Wildman–Crippen LogP) is 4.91. The van der Waals surface area contributed by atoms with E-state index in [0.717, 1.165) is 74.5 Å². The van der Waals surface area contributed by atoms with Crippen molar-refractivity contribution in [3.8, 4) is 11.5 Å². The lowest BCUT2D eigenvalue weighted by Crippen LogP contribution is -2.37. The third kappa shape index (κ3) is 5.84. The molecule has 38 heavy (non-hydrogen) atoms. The molecule has 2 bridgehead atoms. The molecule has 2 fully saturated rings. The fraction of sp³-hybridized carbons (Fsp3) is 0.483. The van der Waals surface area contributed by atoms with E-state index in [1.54, 1.807) is 13.3 Å². The number of benzene rings is 1. The average Bonchev–Trinajstić information content (AvgIpc) is 3.34. The Morgan fingerprint density at radius 2 is 1.95 bits per heavy atom. The number of pyridine rings is 1. The summed E-state index contributed by atoms with van der Waals surface area (Å²) in [5.74, 6) is 4.10. The number of nitrogens with one attached hydrogen (secondary N) is 2. The number of hydrogen-bond donors (Lipinski definition) is 2. The maximum atomic E-state index is 6.01. The van der Waals surface area contributed by atoms with Gasteiger partial charge in [0.15, 0.2) is 11.5 Å². The van der Waals surface area contributed by atoms with Crippen molar-refractivity contribution < 1.29 is 14.2 Å². The topological polar surface area (TPSA) is 93.7 Å². The van der Waals surface area contributed by atoms with Gasteiger partial charge in [0.1, 0.15) is 5.82 Å². The molecule has 9 heteroatoms. The minimum absolute atomic E-state index is 0.501. The van der Waals surface area contributed by atoms with E-state index in [-0.39, 0.29) is 0 Å². The van der Waals surface area contributed by atoms with Crippen molar-refractivity contribution >= 4 is 23.1 Å². The molecule has 0 radical (unpaired) electrons. The quantitative estimate of drug-likeness (QED) is 0.365. The summed E-state index contributed by atoms with van der Waals surface area (Å²) in [5.41, 5.74) is 4.48. The van der Waals surface area contributed by atoms with Crippen molar-refractivity contribution in [3.05, 3.63) is 54.0 Å². The van der Waals surface area contributed by atoms with Crippen molar-refractivity contribution in [3.63, 3.8) is 0 Å². The Bertz CT molecular complexity index is 1250. The Morgan fingerprint density at radius 1 is 1.03 bits per heavy atom. The molecule has 2 aliphatic carbocycles. The minimum atomic E-state index is 0.501. The molecule has 0 spiro atoms. The van der Waals surface area contributed by atoms with Crippen molar-refractivity contribution in [1.82, 2.24) is 19.9 Å². The second kappa shape index (κ2) is 11.5. The Kier molecular flexibility index (Phi) is 7.55. The van der Waals surface area contributed by atoms with Crippen LogP contribution in [-0.2, 0) is 11.2 Å². The van der Waals surface area contributed by atoms with Gasteiger partial charge in [-0.05, 0) is 73.8 Å². The highest BCUT2D eigenvalue weighted by Crippen LogP contribution is 2.46. The molecule has 200 valence electrons. The van der Waals surface area contributed by atoms with E-state index in [1.807, 2.05) is 30.5 Å².